The molecule has 1 heterocycles. The van der Waals surface area contributed by atoms with Crippen LogP contribution in [0.15, 0.2) is 90.0 Å². The third kappa shape index (κ3) is 7.84. The summed E-state index contributed by atoms with van der Waals surface area (Å²) < 4.78 is 28.7. The third-order valence-corrected chi connectivity index (χ3v) is 8.23. The molecule has 1 amide bonds. The second-order valence-electron chi connectivity index (χ2n) is 9.68. The lowest BCUT2D eigenvalue weighted by molar-refractivity contribution is 0.0948. The number of hydrogen-bond acceptors (Lipinski definition) is 6. The van der Waals surface area contributed by atoms with E-state index in [1.54, 1.807) is 42.6 Å². The Morgan fingerprint density at radius 1 is 0.976 bits per heavy atom. The van der Waals surface area contributed by atoms with Gasteiger partial charge in [-0.1, -0.05) is 37.3 Å². The Labute approximate surface area is 242 Å². The topological polar surface area (TPSA) is 94.6 Å². The molecule has 0 fully saturated rings. The number of nitrogens with one attached hydrogen (secondary N) is 2. The zero-order valence-electron chi connectivity index (χ0n) is 23.4. The highest BCUT2D eigenvalue weighted by Crippen LogP contribution is 2.23. The highest BCUT2D eigenvalue weighted by Gasteiger charge is 2.18. The standard InChI is InChI=1S/C32H35N5O3S/c1-4-6-22-36(3)29-18-12-25(13-19-29)24-37(5-2)23-21-34-32(38)27-14-16-28(17-15-27)35-41(39,40)30-11-7-9-26-10-8-20-33-31(26)30/h1,7-20,35H,5-6,21-24H2,2-3H3,(H,34,38). The Morgan fingerprint density at radius 2 is 1.71 bits per heavy atom. The number of fused-ring (bicyclic) bond motifs is 1. The molecule has 4 rings (SSSR count). The second-order valence-corrected chi connectivity index (χ2v) is 11.3. The smallest absolute Gasteiger partial charge is 0.264 e. The third-order valence-electron chi connectivity index (χ3n) is 6.82. The summed E-state index contributed by atoms with van der Waals surface area (Å²) >= 11 is 0. The molecular weight excluding hydrogens is 534 g/mol. The van der Waals surface area contributed by atoms with Gasteiger partial charge in [-0.3, -0.25) is 19.4 Å². The van der Waals surface area contributed by atoms with E-state index in [9.17, 15) is 13.2 Å². The van der Waals surface area contributed by atoms with Crippen molar-refractivity contribution in [2.75, 3.05) is 42.8 Å². The number of rotatable bonds is 13. The van der Waals surface area contributed by atoms with Crippen LogP contribution in [-0.2, 0) is 16.6 Å². The minimum atomic E-state index is -3.86. The number of pyridine rings is 1. The van der Waals surface area contributed by atoms with Gasteiger partial charge in [-0.25, -0.2) is 8.42 Å². The van der Waals surface area contributed by atoms with Crippen molar-refractivity contribution in [3.8, 4) is 12.3 Å². The number of amides is 1. The molecule has 1 aromatic heterocycles. The second kappa shape index (κ2) is 13.8. The van der Waals surface area contributed by atoms with Gasteiger partial charge in [0.1, 0.15) is 4.90 Å². The number of terminal acetylenes is 1. The maximum absolute atomic E-state index is 13.0. The highest BCUT2D eigenvalue weighted by atomic mass is 32.2. The molecule has 0 radical (unpaired) electrons. The van der Waals surface area contributed by atoms with Crippen LogP contribution in [0.4, 0.5) is 11.4 Å². The monoisotopic (exact) mass is 569 g/mol. The molecule has 0 bridgehead atoms. The average molecular weight is 570 g/mol. The van der Waals surface area contributed by atoms with Crippen molar-refractivity contribution in [2.45, 2.75) is 24.8 Å². The Kier molecular flexibility index (Phi) is 9.95. The molecule has 3 aromatic carbocycles. The summed E-state index contributed by atoms with van der Waals surface area (Å²) in [5.74, 6) is 2.45. The first-order valence-corrected chi connectivity index (χ1v) is 15.0. The van der Waals surface area contributed by atoms with Crippen LogP contribution in [0, 0.1) is 12.3 Å². The first kappa shape index (κ1) is 29.6. The van der Waals surface area contributed by atoms with Crippen LogP contribution in [0.5, 0.6) is 0 Å². The summed E-state index contributed by atoms with van der Waals surface area (Å²) in [6.07, 6.45) is 7.64. The van der Waals surface area contributed by atoms with Crippen molar-refractivity contribution in [3.05, 3.63) is 96.2 Å². The summed E-state index contributed by atoms with van der Waals surface area (Å²) in [6.45, 7) is 5.73. The minimum absolute atomic E-state index is 0.0984. The number of hydrogen-bond donors (Lipinski definition) is 2. The molecule has 0 unspecified atom stereocenters. The van der Waals surface area contributed by atoms with Gasteiger partial charge in [-0.15, -0.1) is 12.3 Å². The highest BCUT2D eigenvalue weighted by molar-refractivity contribution is 7.93. The van der Waals surface area contributed by atoms with E-state index < -0.39 is 10.0 Å². The van der Waals surface area contributed by atoms with Crippen molar-refractivity contribution >= 4 is 38.2 Å². The van der Waals surface area contributed by atoms with E-state index in [1.165, 1.54) is 11.6 Å². The van der Waals surface area contributed by atoms with Crippen molar-refractivity contribution in [3.63, 3.8) is 0 Å². The quantitative estimate of drug-likeness (QED) is 0.226. The predicted octanol–water partition coefficient (Wildman–Crippen LogP) is 4.75. The molecule has 9 heteroatoms. The number of para-hydroxylation sites is 1. The van der Waals surface area contributed by atoms with E-state index >= 15 is 0 Å². The fourth-order valence-electron chi connectivity index (χ4n) is 4.45. The first-order chi connectivity index (χ1) is 19.8. The number of likely N-dealkylation sites (N-methyl/N-ethyl adjacent to an activating group) is 1. The summed E-state index contributed by atoms with van der Waals surface area (Å²) in [7, 11) is -1.83. The van der Waals surface area contributed by atoms with Gasteiger partial charge in [-0.2, -0.15) is 0 Å². The Morgan fingerprint density at radius 3 is 2.41 bits per heavy atom. The van der Waals surface area contributed by atoms with Crippen LogP contribution in [0.1, 0.15) is 29.3 Å². The predicted molar refractivity (Wildman–Crippen MR) is 165 cm³/mol. The van der Waals surface area contributed by atoms with Gasteiger partial charge in [0.05, 0.1) is 5.52 Å². The van der Waals surface area contributed by atoms with Crippen LogP contribution in [0.2, 0.25) is 0 Å². The molecule has 0 aliphatic carbocycles. The fraction of sp³-hybridized carbons (Fsp3) is 0.250. The van der Waals surface area contributed by atoms with E-state index in [0.29, 0.717) is 36.3 Å². The van der Waals surface area contributed by atoms with E-state index in [4.69, 9.17) is 6.42 Å². The number of aromatic nitrogens is 1. The molecule has 0 atom stereocenters. The van der Waals surface area contributed by atoms with Crippen molar-refractivity contribution < 1.29 is 13.2 Å². The van der Waals surface area contributed by atoms with E-state index in [-0.39, 0.29) is 10.8 Å². The number of anilines is 2. The van der Waals surface area contributed by atoms with Gasteiger partial charge in [0.25, 0.3) is 15.9 Å². The molecule has 4 aromatic rings. The van der Waals surface area contributed by atoms with Crippen LogP contribution in [0.25, 0.3) is 10.9 Å². The van der Waals surface area contributed by atoms with E-state index in [0.717, 1.165) is 30.7 Å². The Hall–Kier alpha value is -4.39. The van der Waals surface area contributed by atoms with E-state index in [1.807, 2.05) is 19.2 Å². The largest absolute Gasteiger partial charge is 0.374 e. The Balaban J connectivity index is 1.28. The van der Waals surface area contributed by atoms with E-state index in [2.05, 4.69) is 61.9 Å². The minimum Gasteiger partial charge on any atom is -0.374 e. The zero-order chi connectivity index (χ0) is 29.2. The number of carbonyl (C=O) groups is 1. The molecule has 41 heavy (non-hydrogen) atoms. The van der Waals surface area contributed by atoms with Gasteiger partial charge in [0.15, 0.2) is 0 Å². The van der Waals surface area contributed by atoms with Crippen molar-refractivity contribution in [1.82, 2.24) is 15.2 Å². The molecule has 0 aliphatic rings. The molecule has 0 spiro atoms. The summed E-state index contributed by atoms with van der Waals surface area (Å²) in [5, 5.41) is 3.69. The van der Waals surface area contributed by atoms with Gasteiger partial charge in [0, 0.05) is 68.2 Å². The molecular formula is C32H35N5O3S. The van der Waals surface area contributed by atoms with Gasteiger partial charge in [-0.05, 0) is 60.6 Å². The number of sulfonamides is 1. The van der Waals surface area contributed by atoms with Crippen molar-refractivity contribution in [2.24, 2.45) is 0 Å². The fourth-order valence-corrected chi connectivity index (χ4v) is 5.69. The van der Waals surface area contributed by atoms with Gasteiger partial charge in [0.2, 0.25) is 0 Å². The molecule has 212 valence electrons. The average Bonchev–Trinajstić information content (AvgIpc) is 2.99. The first-order valence-electron chi connectivity index (χ1n) is 13.5. The molecule has 8 nitrogen and oxygen atoms in total. The normalized spacial score (nSPS) is 11.3. The lowest BCUT2D eigenvalue weighted by Gasteiger charge is -2.22. The number of carbonyl (C=O) groups excluding carboxylic acids is 1. The maximum atomic E-state index is 13.0. The van der Waals surface area contributed by atoms with Gasteiger partial charge >= 0.3 is 0 Å². The zero-order valence-corrected chi connectivity index (χ0v) is 24.2. The van der Waals surface area contributed by atoms with Crippen LogP contribution in [0.3, 0.4) is 0 Å². The van der Waals surface area contributed by atoms with Crippen LogP contribution >= 0.6 is 0 Å². The summed E-state index contributed by atoms with van der Waals surface area (Å²) in [5.41, 5.74) is 3.54. The molecule has 2 N–H and O–H groups in total. The van der Waals surface area contributed by atoms with Crippen LogP contribution in [-0.4, -0.2) is 57.4 Å². The van der Waals surface area contributed by atoms with Crippen molar-refractivity contribution in [1.29, 1.82) is 0 Å². The maximum Gasteiger partial charge on any atom is 0.264 e. The summed E-state index contributed by atoms with van der Waals surface area (Å²) in [6, 6.07) is 23.4. The molecule has 0 saturated heterocycles. The van der Waals surface area contributed by atoms with Gasteiger partial charge < -0.3 is 10.2 Å². The Bertz CT molecular complexity index is 1610. The molecule has 0 saturated carbocycles. The SMILES string of the molecule is C#CCCN(C)c1ccc(CN(CC)CCNC(=O)c2ccc(NS(=O)(=O)c3cccc4cccnc34)cc2)cc1. The van der Waals surface area contributed by atoms with Crippen LogP contribution < -0.4 is 14.9 Å². The lowest BCUT2D eigenvalue weighted by atomic mass is 10.1. The lowest BCUT2D eigenvalue weighted by Crippen LogP contribution is -2.34. The molecule has 0 aliphatic heterocycles. The number of benzene rings is 3. The number of nitrogens with zero attached hydrogens (tertiary/aromatic N) is 3. The summed E-state index contributed by atoms with van der Waals surface area (Å²) in [4.78, 5) is 21.5.